The van der Waals surface area contributed by atoms with Crippen LogP contribution >= 0.6 is 11.6 Å². The number of nitrogens with one attached hydrogen (secondary N) is 1. The van der Waals surface area contributed by atoms with Gasteiger partial charge >= 0.3 is 5.56 Å². The minimum atomic E-state index is -0.373. The van der Waals surface area contributed by atoms with Gasteiger partial charge in [0.05, 0.1) is 11.4 Å². The lowest BCUT2D eigenvalue weighted by Crippen LogP contribution is -2.18. The van der Waals surface area contributed by atoms with E-state index in [1.807, 2.05) is 38.1 Å². The van der Waals surface area contributed by atoms with Gasteiger partial charge in [-0.1, -0.05) is 42.6 Å². The molecule has 2 aromatic heterocycles. The fraction of sp³-hybridized carbons (Fsp3) is 0.316. The predicted octanol–water partition coefficient (Wildman–Crippen LogP) is 4.90. The van der Waals surface area contributed by atoms with Crippen molar-refractivity contribution in [1.82, 2.24) is 19.7 Å². The van der Waals surface area contributed by atoms with Crippen LogP contribution in [0.4, 0.5) is 11.4 Å². The first-order valence-electron chi connectivity index (χ1n) is 8.74. The first-order valence-corrected chi connectivity index (χ1v) is 9.12. The van der Waals surface area contributed by atoms with Gasteiger partial charge in [0.25, 0.3) is 5.95 Å². The van der Waals surface area contributed by atoms with Crippen LogP contribution in [-0.2, 0) is 6.42 Å². The number of aryl methyl sites for hydroxylation is 3. The van der Waals surface area contributed by atoms with Crippen LogP contribution in [-0.4, -0.2) is 19.7 Å². The van der Waals surface area contributed by atoms with Crippen LogP contribution < -0.4 is 5.56 Å². The molecule has 0 spiro atoms. The summed E-state index contributed by atoms with van der Waals surface area (Å²) in [5.74, 6) is 0.197. The Kier molecular flexibility index (Phi) is 5.51. The monoisotopic (exact) mass is 384 g/mol. The van der Waals surface area contributed by atoms with E-state index in [1.54, 1.807) is 6.92 Å². The lowest BCUT2D eigenvalue weighted by molar-refractivity contribution is 0.758. The van der Waals surface area contributed by atoms with E-state index in [4.69, 9.17) is 11.6 Å². The molecular weight excluding hydrogens is 364 g/mol. The molecule has 0 unspecified atom stereocenters. The third-order valence-electron chi connectivity index (χ3n) is 4.19. The molecular formula is C19H21ClN6O. The van der Waals surface area contributed by atoms with E-state index in [2.05, 4.69) is 32.2 Å². The maximum Gasteiger partial charge on any atom is 0.301 e. The van der Waals surface area contributed by atoms with Crippen LogP contribution in [0.1, 0.15) is 35.9 Å². The number of aromatic nitrogens is 4. The number of halogens is 1. The summed E-state index contributed by atoms with van der Waals surface area (Å²) in [6, 6.07) is 7.57. The van der Waals surface area contributed by atoms with E-state index in [0.29, 0.717) is 16.5 Å². The molecule has 0 saturated heterocycles. The number of hydrogen-bond donors (Lipinski definition) is 1. The number of nitrogens with zero attached hydrogens (tertiary/aromatic N) is 5. The van der Waals surface area contributed by atoms with Crippen LogP contribution in [0.15, 0.2) is 39.3 Å². The van der Waals surface area contributed by atoms with E-state index in [9.17, 15) is 4.79 Å². The second kappa shape index (κ2) is 7.84. The molecule has 0 aliphatic carbocycles. The van der Waals surface area contributed by atoms with Gasteiger partial charge in [-0.3, -0.25) is 9.89 Å². The highest BCUT2D eigenvalue weighted by Gasteiger charge is 2.17. The standard InChI is InChI=1S/C19H21ClN6O/c1-5-6-15-12(3)21-19(22-17(15)20)26-18(27)16(13(4)25-26)24-23-14-9-7-11(2)8-10-14/h7-10,25H,5-6H2,1-4H3. The molecule has 0 bridgehead atoms. The normalized spacial score (nSPS) is 11.4. The number of aromatic amines is 1. The van der Waals surface area contributed by atoms with Crippen LogP contribution in [0.2, 0.25) is 5.15 Å². The van der Waals surface area contributed by atoms with Gasteiger partial charge in [-0.2, -0.15) is 14.8 Å². The van der Waals surface area contributed by atoms with Crippen LogP contribution in [0.5, 0.6) is 0 Å². The predicted molar refractivity (Wildman–Crippen MR) is 106 cm³/mol. The molecule has 8 heteroatoms. The van der Waals surface area contributed by atoms with Crippen molar-refractivity contribution < 1.29 is 0 Å². The second-order valence-electron chi connectivity index (χ2n) is 6.39. The average molecular weight is 385 g/mol. The number of azo groups is 1. The minimum Gasteiger partial charge on any atom is -0.290 e. The Balaban J connectivity index is 1.99. The Morgan fingerprint density at radius 1 is 1.11 bits per heavy atom. The van der Waals surface area contributed by atoms with Crippen molar-refractivity contribution in [2.45, 2.75) is 40.5 Å². The van der Waals surface area contributed by atoms with E-state index in [-0.39, 0.29) is 17.2 Å². The highest BCUT2D eigenvalue weighted by molar-refractivity contribution is 6.30. The highest BCUT2D eigenvalue weighted by Crippen LogP contribution is 2.21. The number of benzene rings is 1. The van der Waals surface area contributed by atoms with Gasteiger partial charge in [-0.25, -0.2) is 4.98 Å². The molecule has 0 aliphatic heterocycles. The van der Waals surface area contributed by atoms with Gasteiger partial charge in [0.15, 0.2) is 5.69 Å². The smallest absolute Gasteiger partial charge is 0.290 e. The molecule has 140 valence electrons. The van der Waals surface area contributed by atoms with E-state index in [0.717, 1.165) is 29.7 Å². The molecule has 0 amide bonds. The summed E-state index contributed by atoms with van der Waals surface area (Å²) in [6.45, 7) is 7.67. The average Bonchev–Trinajstić information content (AvgIpc) is 2.92. The molecule has 3 aromatic rings. The van der Waals surface area contributed by atoms with Gasteiger partial charge in [0.1, 0.15) is 5.15 Å². The summed E-state index contributed by atoms with van der Waals surface area (Å²) in [7, 11) is 0. The fourth-order valence-electron chi connectivity index (χ4n) is 2.70. The maximum atomic E-state index is 12.8. The van der Waals surface area contributed by atoms with Crippen molar-refractivity contribution in [1.29, 1.82) is 0 Å². The van der Waals surface area contributed by atoms with Gasteiger partial charge in [0.2, 0.25) is 0 Å². The summed E-state index contributed by atoms with van der Waals surface area (Å²) in [5.41, 5.74) is 3.88. The Morgan fingerprint density at radius 3 is 2.44 bits per heavy atom. The molecule has 0 atom stereocenters. The molecule has 3 rings (SSSR count). The van der Waals surface area contributed by atoms with E-state index >= 15 is 0 Å². The van der Waals surface area contributed by atoms with Gasteiger partial charge in [0, 0.05) is 11.3 Å². The van der Waals surface area contributed by atoms with Crippen LogP contribution in [0.3, 0.4) is 0 Å². The molecule has 7 nitrogen and oxygen atoms in total. The summed E-state index contributed by atoms with van der Waals surface area (Å²) in [4.78, 5) is 21.5. The first-order chi connectivity index (χ1) is 12.9. The third kappa shape index (κ3) is 3.98. The lowest BCUT2D eigenvalue weighted by Gasteiger charge is -2.08. The van der Waals surface area contributed by atoms with Crippen molar-refractivity contribution >= 4 is 23.0 Å². The Labute approximate surface area is 162 Å². The molecule has 0 saturated carbocycles. The topological polar surface area (TPSA) is 88.3 Å². The number of hydrogen-bond acceptors (Lipinski definition) is 5. The van der Waals surface area contributed by atoms with Crippen molar-refractivity contribution in [2.24, 2.45) is 10.2 Å². The van der Waals surface area contributed by atoms with Crippen molar-refractivity contribution in [2.75, 3.05) is 0 Å². The van der Waals surface area contributed by atoms with Gasteiger partial charge < -0.3 is 0 Å². The van der Waals surface area contributed by atoms with Gasteiger partial charge in [-0.15, -0.1) is 5.11 Å². The van der Waals surface area contributed by atoms with E-state index < -0.39 is 0 Å². The van der Waals surface area contributed by atoms with Crippen molar-refractivity contribution in [3.8, 4) is 5.95 Å². The molecule has 0 radical (unpaired) electrons. The summed E-state index contributed by atoms with van der Waals surface area (Å²) in [6.07, 6.45) is 1.73. The molecule has 2 heterocycles. The maximum absolute atomic E-state index is 12.8. The fourth-order valence-corrected chi connectivity index (χ4v) is 3.00. The Bertz CT molecular complexity index is 1030. The molecule has 27 heavy (non-hydrogen) atoms. The molecule has 0 aliphatic rings. The van der Waals surface area contributed by atoms with Crippen molar-refractivity contribution in [3.05, 3.63) is 62.3 Å². The van der Waals surface area contributed by atoms with Gasteiger partial charge in [-0.05, 0) is 39.3 Å². The SMILES string of the molecule is CCCc1c(C)nc(-n2[nH]c(C)c(N=Nc3ccc(C)cc3)c2=O)nc1Cl. The van der Waals surface area contributed by atoms with Crippen molar-refractivity contribution in [3.63, 3.8) is 0 Å². The summed E-state index contributed by atoms with van der Waals surface area (Å²) >= 11 is 6.29. The zero-order valence-electron chi connectivity index (χ0n) is 15.7. The molecule has 1 N–H and O–H groups in total. The molecule has 1 aromatic carbocycles. The summed E-state index contributed by atoms with van der Waals surface area (Å²) in [5, 5.41) is 11.6. The first kappa shape index (κ1) is 19.0. The largest absolute Gasteiger partial charge is 0.301 e. The Hall–Kier alpha value is -2.80. The minimum absolute atomic E-state index is 0.197. The quantitative estimate of drug-likeness (QED) is 0.501. The van der Waals surface area contributed by atoms with E-state index in [1.165, 1.54) is 4.68 Å². The zero-order chi connectivity index (χ0) is 19.6. The third-order valence-corrected chi connectivity index (χ3v) is 4.50. The Morgan fingerprint density at radius 2 is 1.81 bits per heavy atom. The summed E-state index contributed by atoms with van der Waals surface area (Å²) < 4.78 is 1.24. The van der Waals surface area contributed by atoms with Crippen LogP contribution in [0.25, 0.3) is 5.95 Å². The lowest BCUT2D eigenvalue weighted by atomic mass is 10.1. The zero-order valence-corrected chi connectivity index (χ0v) is 16.5. The molecule has 0 fully saturated rings. The second-order valence-corrected chi connectivity index (χ2v) is 6.75. The number of rotatable bonds is 5. The highest BCUT2D eigenvalue weighted by atomic mass is 35.5. The number of H-pyrrole nitrogens is 1. The van der Waals surface area contributed by atoms with Crippen LogP contribution in [0, 0.1) is 20.8 Å².